The molecule has 0 aliphatic carbocycles. The van der Waals surface area contributed by atoms with Gasteiger partial charge in [0, 0.05) is 24.1 Å². The Hall–Kier alpha value is -2.37. The Morgan fingerprint density at radius 2 is 2.18 bits per heavy atom. The maximum absolute atomic E-state index is 12.4. The molecule has 1 N–H and O–H groups in total. The van der Waals surface area contributed by atoms with Crippen LogP contribution in [-0.4, -0.2) is 17.6 Å². The largest absolute Gasteiger partial charge is 0.360 e. The molecule has 2 aromatic heterocycles. The Morgan fingerprint density at radius 3 is 2.93 bits per heavy atom. The molecule has 4 nitrogen and oxygen atoms in total. The molecule has 0 saturated carbocycles. The third-order valence-electron chi connectivity index (χ3n) is 4.43. The minimum absolute atomic E-state index is 0.223. The number of hydrogen-bond acceptors (Lipinski definition) is 4. The van der Waals surface area contributed by atoms with Gasteiger partial charge in [0.1, 0.15) is 5.76 Å². The van der Waals surface area contributed by atoms with Gasteiger partial charge in [-0.1, -0.05) is 35.8 Å². The van der Waals surface area contributed by atoms with E-state index in [0.717, 1.165) is 24.0 Å². The van der Waals surface area contributed by atoms with Crippen LogP contribution in [0.2, 0.25) is 5.02 Å². The highest BCUT2D eigenvalue weighted by molar-refractivity contribution is 7.07. The van der Waals surface area contributed by atoms with Gasteiger partial charge in [-0.25, -0.2) is 0 Å². The van der Waals surface area contributed by atoms with E-state index in [1.807, 2.05) is 29.6 Å². The second-order valence-electron chi connectivity index (χ2n) is 6.59. The van der Waals surface area contributed by atoms with Crippen LogP contribution in [0.1, 0.15) is 52.7 Å². The van der Waals surface area contributed by atoms with Gasteiger partial charge in [-0.3, -0.25) is 4.79 Å². The number of rotatable bonds is 8. The van der Waals surface area contributed by atoms with E-state index in [2.05, 4.69) is 35.8 Å². The summed E-state index contributed by atoms with van der Waals surface area (Å²) in [5, 5.41) is 11.6. The van der Waals surface area contributed by atoms with Crippen LogP contribution in [0.15, 0.2) is 51.7 Å². The molecule has 3 aromatic rings. The lowest BCUT2D eigenvalue weighted by Crippen LogP contribution is -2.25. The Kier molecular flexibility index (Phi) is 7.06. The number of carbonyl (C=O) groups is 1. The molecule has 146 valence electrons. The van der Waals surface area contributed by atoms with E-state index in [0.29, 0.717) is 29.4 Å². The summed E-state index contributed by atoms with van der Waals surface area (Å²) in [4.78, 5) is 12.4. The zero-order valence-corrected chi connectivity index (χ0v) is 17.6. The Bertz CT molecular complexity index is 961. The van der Waals surface area contributed by atoms with Crippen molar-refractivity contribution in [1.82, 2.24) is 10.5 Å². The molecule has 0 saturated heterocycles. The lowest BCUT2D eigenvalue weighted by Gasteiger charge is -2.12. The van der Waals surface area contributed by atoms with E-state index in [-0.39, 0.29) is 5.91 Å². The molecule has 0 atom stereocenters. The molecule has 0 fully saturated rings. The Morgan fingerprint density at radius 1 is 1.32 bits per heavy atom. The second-order valence-corrected chi connectivity index (χ2v) is 7.81. The summed E-state index contributed by atoms with van der Waals surface area (Å²) < 4.78 is 5.29. The number of benzene rings is 1. The Labute approximate surface area is 174 Å². The van der Waals surface area contributed by atoms with Crippen molar-refractivity contribution in [3.63, 3.8) is 0 Å². The number of amides is 1. The molecular formula is C22H23ClN2O2S. The number of hydrogen-bond donors (Lipinski definition) is 1. The molecule has 1 aromatic carbocycles. The van der Waals surface area contributed by atoms with Gasteiger partial charge in [0.2, 0.25) is 0 Å². The highest BCUT2D eigenvalue weighted by Crippen LogP contribution is 2.25. The second kappa shape index (κ2) is 9.71. The van der Waals surface area contributed by atoms with Crippen molar-refractivity contribution < 1.29 is 9.32 Å². The number of nitrogens with zero attached hydrogens (tertiary/aromatic N) is 1. The standard InChI is InChI=1S/C22H23ClN2O2S/c1-3-4-17(20-12-18(23)6-5-15(20)2)7-9-24-22(26)21-13-19(27-25-21)11-16-8-10-28-14-16/h4-6,8,10,12-14H,3,7,9,11H2,1-2H3,(H,24,26). The number of aryl methyl sites for hydroxylation is 1. The van der Waals surface area contributed by atoms with Crippen molar-refractivity contribution in [2.24, 2.45) is 0 Å². The molecule has 0 aliphatic rings. The van der Waals surface area contributed by atoms with Crippen LogP contribution in [0.5, 0.6) is 0 Å². The summed E-state index contributed by atoms with van der Waals surface area (Å²) in [6.07, 6.45) is 4.46. The predicted octanol–water partition coefficient (Wildman–Crippen LogP) is 5.90. The normalized spacial score (nSPS) is 11.6. The van der Waals surface area contributed by atoms with Gasteiger partial charge in [-0.05, 0) is 71.0 Å². The fourth-order valence-corrected chi connectivity index (χ4v) is 3.87. The molecule has 0 aliphatic heterocycles. The van der Waals surface area contributed by atoms with Crippen LogP contribution in [0.4, 0.5) is 0 Å². The summed E-state index contributed by atoms with van der Waals surface area (Å²) in [6.45, 7) is 4.68. The quantitative estimate of drug-likeness (QED) is 0.499. The predicted molar refractivity (Wildman–Crippen MR) is 115 cm³/mol. The molecule has 0 radical (unpaired) electrons. The van der Waals surface area contributed by atoms with Crippen molar-refractivity contribution in [1.29, 1.82) is 0 Å². The van der Waals surface area contributed by atoms with Crippen LogP contribution in [-0.2, 0) is 6.42 Å². The first kappa shape index (κ1) is 20.4. The van der Waals surface area contributed by atoms with Gasteiger partial charge in [0.15, 0.2) is 5.69 Å². The first-order chi connectivity index (χ1) is 13.6. The average Bonchev–Trinajstić information content (AvgIpc) is 3.35. The van der Waals surface area contributed by atoms with Crippen molar-refractivity contribution in [2.45, 2.75) is 33.1 Å². The molecule has 2 heterocycles. The fraction of sp³-hybridized carbons (Fsp3) is 0.273. The van der Waals surface area contributed by atoms with E-state index in [1.54, 1.807) is 17.4 Å². The van der Waals surface area contributed by atoms with Crippen molar-refractivity contribution in [3.8, 4) is 0 Å². The number of thiophene rings is 1. The highest BCUT2D eigenvalue weighted by Gasteiger charge is 2.13. The van der Waals surface area contributed by atoms with Gasteiger partial charge >= 0.3 is 0 Å². The minimum atomic E-state index is -0.223. The van der Waals surface area contributed by atoms with E-state index in [1.165, 1.54) is 11.1 Å². The van der Waals surface area contributed by atoms with Gasteiger partial charge in [-0.2, -0.15) is 11.3 Å². The van der Waals surface area contributed by atoms with Crippen molar-refractivity contribution in [2.75, 3.05) is 6.54 Å². The average molecular weight is 415 g/mol. The third-order valence-corrected chi connectivity index (χ3v) is 5.39. The first-order valence-corrected chi connectivity index (χ1v) is 10.6. The van der Waals surface area contributed by atoms with Gasteiger partial charge in [-0.15, -0.1) is 0 Å². The molecule has 6 heteroatoms. The van der Waals surface area contributed by atoms with Crippen molar-refractivity contribution in [3.05, 3.63) is 80.3 Å². The topological polar surface area (TPSA) is 55.1 Å². The summed E-state index contributed by atoms with van der Waals surface area (Å²) in [5.41, 5.74) is 4.94. The number of allylic oxidation sites excluding steroid dienone is 1. The third kappa shape index (κ3) is 5.33. The summed E-state index contributed by atoms with van der Waals surface area (Å²) in [5.74, 6) is 0.462. The van der Waals surface area contributed by atoms with Gasteiger partial charge < -0.3 is 9.84 Å². The van der Waals surface area contributed by atoms with Gasteiger partial charge in [0.25, 0.3) is 5.91 Å². The zero-order chi connectivity index (χ0) is 19.9. The maximum atomic E-state index is 12.4. The number of nitrogens with one attached hydrogen (secondary N) is 1. The van der Waals surface area contributed by atoms with Gasteiger partial charge in [0.05, 0.1) is 0 Å². The molecule has 0 unspecified atom stereocenters. The highest BCUT2D eigenvalue weighted by atomic mass is 35.5. The summed E-state index contributed by atoms with van der Waals surface area (Å²) in [6, 6.07) is 9.63. The van der Waals surface area contributed by atoms with E-state index < -0.39 is 0 Å². The monoisotopic (exact) mass is 414 g/mol. The van der Waals surface area contributed by atoms with E-state index in [9.17, 15) is 4.79 Å². The smallest absolute Gasteiger partial charge is 0.273 e. The Balaban J connectivity index is 1.58. The SMILES string of the molecule is CCC=C(CCNC(=O)c1cc(Cc2ccsc2)on1)c1cc(Cl)ccc1C. The van der Waals surface area contributed by atoms with Crippen molar-refractivity contribution >= 4 is 34.4 Å². The zero-order valence-electron chi connectivity index (χ0n) is 16.0. The molecule has 28 heavy (non-hydrogen) atoms. The number of aromatic nitrogens is 1. The number of halogens is 1. The molecule has 0 bridgehead atoms. The fourth-order valence-electron chi connectivity index (χ4n) is 3.03. The van der Waals surface area contributed by atoms with Crippen LogP contribution in [0.25, 0.3) is 5.57 Å². The molecule has 3 rings (SSSR count). The van der Waals surface area contributed by atoms with Crippen LogP contribution in [0.3, 0.4) is 0 Å². The van der Waals surface area contributed by atoms with E-state index >= 15 is 0 Å². The lowest BCUT2D eigenvalue weighted by atomic mass is 9.97. The van der Waals surface area contributed by atoms with Crippen LogP contribution >= 0.6 is 22.9 Å². The number of carbonyl (C=O) groups excluding carboxylic acids is 1. The summed E-state index contributed by atoms with van der Waals surface area (Å²) in [7, 11) is 0. The first-order valence-electron chi connectivity index (χ1n) is 9.27. The molecular weight excluding hydrogens is 392 g/mol. The molecule has 0 spiro atoms. The van der Waals surface area contributed by atoms with Crippen LogP contribution < -0.4 is 5.32 Å². The van der Waals surface area contributed by atoms with E-state index in [4.69, 9.17) is 16.1 Å². The summed E-state index contributed by atoms with van der Waals surface area (Å²) >= 11 is 7.80. The maximum Gasteiger partial charge on any atom is 0.273 e. The minimum Gasteiger partial charge on any atom is -0.360 e. The van der Waals surface area contributed by atoms with Crippen LogP contribution in [0, 0.1) is 6.92 Å². The molecule has 1 amide bonds. The lowest BCUT2D eigenvalue weighted by molar-refractivity contribution is 0.0945.